The molecule has 23 heavy (non-hydrogen) atoms. The van der Waals surface area contributed by atoms with Gasteiger partial charge in [-0.2, -0.15) is 0 Å². The van der Waals surface area contributed by atoms with Crippen LogP contribution in [0.1, 0.15) is 12.3 Å². The highest BCUT2D eigenvalue weighted by molar-refractivity contribution is 6.30. The maximum atomic E-state index is 11.9. The highest BCUT2D eigenvalue weighted by Gasteiger charge is 2.10. The number of halogens is 1. The van der Waals surface area contributed by atoms with Gasteiger partial charge in [0.1, 0.15) is 0 Å². The Morgan fingerprint density at radius 2 is 2.13 bits per heavy atom. The number of nitrogens with one attached hydrogen (secondary N) is 1. The fraction of sp³-hybridized carbons (Fsp3) is 0.125. The topological polar surface area (TPSA) is 80.9 Å². The van der Waals surface area contributed by atoms with Crippen molar-refractivity contribution >= 4 is 23.2 Å². The average Bonchev–Trinajstić information content (AvgIpc) is 3.03. The van der Waals surface area contributed by atoms with Gasteiger partial charge in [-0.1, -0.05) is 17.7 Å². The van der Waals surface area contributed by atoms with Crippen LogP contribution < -0.4 is 5.32 Å². The fourth-order valence-corrected chi connectivity index (χ4v) is 2.16. The predicted molar refractivity (Wildman–Crippen MR) is 85.9 cm³/mol. The number of pyridine rings is 1. The Balaban J connectivity index is 1.56. The van der Waals surface area contributed by atoms with Crippen LogP contribution in [0.3, 0.4) is 0 Å². The van der Waals surface area contributed by atoms with Crippen molar-refractivity contribution in [2.24, 2.45) is 0 Å². The van der Waals surface area contributed by atoms with E-state index >= 15 is 0 Å². The van der Waals surface area contributed by atoms with Gasteiger partial charge in [0.25, 0.3) is 0 Å². The normalized spacial score (nSPS) is 10.5. The highest BCUT2D eigenvalue weighted by Crippen LogP contribution is 2.17. The number of carbonyl (C=O) groups is 1. The quantitative estimate of drug-likeness (QED) is 0.776. The van der Waals surface area contributed by atoms with Gasteiger partial charge in [0, 0.05) is 35.9 Å². The maximum Gasteiger partial charge on any atom is 0.249 e. The van der Waals surface area contributed by atoms with Crippen molar-refractivity contribution in [3.63, 3.8) is 0 Å². The van der Waals surface area contributed by atoms with Crippen molar-refractivity contribution in [2.75, 3.05) is 5.32 Å². The van der Waals surface area contributed by atoms with E-state index in [1.54, 1.807) is 42.7 Å². The SMILES string of the molecule is O=C(CCc1nnc(-c2cccnc2)o1)Nc1cccc(Cl)c1. The Morgan fingerprint density at radius 1 is 1.22 bits per heavy atom. The molecule has 1 aromatic carbocycles. The number of aromatic nitrogens is 3. The lowest BCUT2D eigenvalue weighted by Gasteiger charge is -2.04. The summed E-state index contributed by atoms with van der Waals surface area (Å²) in [5, 5.41) is 11.2. The van der Waals surface area contributed by atoms with E-state index in [1.165, 1.54) is 0 Å². The molecule has 0 unspecified atom stereocenters. The first-order chi connectivity index (χ1) is 11.2. The minimum absolute atomic E-state index is 0.145. The largest absolute Gasteiger partial charge is 0.421 e. The average molecular weight is 329 g/mol. The minimum Gasteiger partial charge on any atom is -0.421 e. The zero-order chi connectivity index (χ0) is 16.1. The van der Waals surface area contributed by atoms with Crippen LogP contribution in [-0.4, -0.2) is 21.1 Å². The summed E-state index contributed by atoms with van der Waals surface area (Å²) in [4.78, 5) is 15.9. The smallest absolute Gasteiger partial charge is 0.249 e. The van der Waals surface area contributed by atoms with Crippen molar-refractivity contribution in [3.05, 3.63) is 59.7 Å². The summed E-state index contributed by atoms with van der Waals surface area (Å²) in [6.45, 7) is 0. The van der Waals surface area contributed by atoms with E-state index in [0.29, 0.717) is 28.9 Å². The summed E-state index contributed by atoms with van der Waals surface area (Å²) in [5.41, 5.74) is 1.40. The summed E-state index contributed by atoms with van der Waals surface area (Å²) in [7, 11) is 0. The van der Waals surface area contributed by atoms with Gasteiger partial charge in [-0.3, -0.25) is 9.78 Å². The number of nitrogens with zero attached hydrogens (tertiary/aromatic N) is 3. The molecule has 2 heterocycles. The molecule has 0 aliphatic heterocycles. The molecule has 0 atom stereocenters. The second-order valence-corrected chi connectivity index (χ2v) is 5.24. The molecule has 7 heteroatoms. The lowest BCUT2D eigenvalue weighted by molar-refractivity contribution is -0.116. The van der Waals surface area contributed by atoms with Crippen LogP contribution >= 0.6 is 11.6 Å². The molecule has 0 bridgehead atoms. The molecule has 116 valence electrons. The van der Waals surface area contributed by atoms with E-state index < -0.39 is 0 Å². The monoisotopic (exact) mass is 328 g/mol. The standard InChI is InChI=1S/C16H13ClN4O2/c17-12-4-1-5-13(9-12)19-14(22)6-7-15-20-21-16(23-15)11-3-2-8-18-10-11/h1-5,8-10H,6-7H2,(H,19,22). The molecule has 0 aliphatic rings. The highest BCUT2D eigenvalue weighted by atomic mass is 35.5. The van der Waals surface area contributed by atoms with Crippen molar-refractivity contribution in [1.29, 1.82) is 0 Å². The summed E-state index contributed by atoms with van der Waals surface area (Å²) < 4.78 is 5.53. The molecule has 2 aromatic heterocycles. The second kappa shape index (κ2) is 7.02. The van der Waals surface area contributed by atoms with Gasteiger partial charge in [0.2, 0.25) is 17.7 Å². The van der Waals surface area contributed by atoms with Crippen molar-refractivity contribution in [1.82, 2.24) is 15.2 Å². The molecule has 0 saturated heterocycles. The molecule has 1 N–H and O–H groups in total. The Bertz CT molecular complexity index is 805. The van der Waals surface area contributed by atoms with Gasteiger partial charge in [0.15, 0.2) is 0 Å². The summed E-state index contributed by atoms with van der Waals surface area (Å²) >= 11 is 5.87. The number of amides is 1. The zero-order valence-corrected chi connectivity index (χ0v) is 12.8. The Labute approximate surface area is 137 Å². The van der Waals surface area contributed by atoms with Crippen LogP contribution in [0, 0.1) is 0 Å². The number of carbonyl (C=O) groups excluding carboxylic acids is 1. The van der Waals surface area contributed by atoms with Crippen molar-refractivity contribution in [3.8, 4) is 11.5 Å². The van der Waals surface area contributed by atoms with Crippen molar-refractivity contribution in [2.45, 2.75) is 12.8 Å². The van der Waals surface area contributed by atoms with E-state index in [0.717, 1.165) is 5.56 Å². The number of anilines is 1. The second-order valence-electron chi connectivity index (χ2n) is 4.80. The Kier molecular flexibility index (Phi) is 4.63. The van der Waals surface area contributed by atoms with E-state index in [-0.39, 0.29) is 12.3 Å². The maximum absolute atomic E-state index is 11.9. The molecule has 0 saturated carbocycles. The molecule has 1 amide bonds. The van der Waals surface area contributed by atoms with Gasteiger partial charge < -0.3 is 9.73 Å². The number of rotatable bonds is 5. The number of hydrogen-bond acceptors (Lipinski definition) is 5. The molecule has 6 nitrogen and oxygen atoms in total. The summed E-state index contributed by atoms with van der Waals surface area (Å²) in [6.07, 6.45) is 3.91. The van der Waals surface area contributed by atoms with Crippen LogP contribution in [0.25, 0.3) is 11.5 Å². The third kappa shape index (κ3) is 4.14. The summed E-state index contributed by atoms with van der Waals surface area (Å²) in [6, 6.07) is 10.6. The minimum atomic E-state index is -0.145. The van der Waals surface area contributed by atoms with Crippen molar-refractivity contribution < 1.29 is 9.21 Å². The van der Waals surface area contributed by atoms with Crippen LogP contribution in [0.2, 0.25) is 5.02 Å². The Hall–Kier alpha value is -2.73. The van der Waals surface area contributed by atoms with E-state index in [1.807, 2.05) is 6.07 Å². The molecule has 3 rings (SSSR count). The van der Waals surface area contributed by atoms with E-state index in [2.05, 4.69) is 20.5 Å². The lowest BCUT2D eigenvalue weighted by Crippen LogP contribution is -2.12. The number of hydrogen-bond donors (Lipinski definition) is 1. The van der Waals surface area contributed by atoms with Gasteiger partial charge in [-0.25, -0.2) is 0 Å². The van der Waals surface area contributed by atoms with E-state index in [9.17, 15) is 4.79 Å². The van der Waals surface area contributed by atoms with Crippen LogP contribution in [0.4, 0.5) is 5.69 Å². The van der Waals surface area contributed by atoms with Crippen LogP contribution in [0.5, 0.6) is 0 Å². The van der Waals surface area contributed by atoms with Gasteiger partial charge in [-0.15, -0.1) is 10.2 Å². The molecule has 0 spiro atoms. The predicted octanol–water partition coefficient (Wildman–Crippen LogP) is 3.36. The molecule has 3 aromatic rings. The van der Waals surface area contributed by atoms with Gasteiger partial charge in [0.05, 0.1) is 5.56 Å². The first kappa shape index (κ1) is 15.2. The van der Waals surface area contributed by atoms with E-state index in [4.69, 9.17) is 16.0 Å². The van der Waals surface area contributed by atoms with Gasteiger partial charge in [-0.05, 0) is 30.3 Å². The molecule has 0 aliphatic carbocycles. The molecule has 0 fully saturated rings. The number of aryl methyl sites for hydroxylation is 1. The molecule has 0 radical (unpaired) electrons. The lowest BCUT2D eigenvalue weighted by atomic mass is 10.2. The summed E-state index contributed by atoms with van der Waals surface area (Å²) in [5.74, 6) is 0.654. The van der Waals surface area contributed by atoms with Crippen LogP contribution in [0.15, 0.2) is 53.2 Å². The third-order valence-electron chi connectivity index (χ3n) is 3.05. The van der Waals surface area contributed by atoms with Gasteiger partial charge >= 0.3 is 0 Å². The zero-order valence-electron chi connectivity index (χ0n) is 12.1. The fourth-order valence-electron chi connectivity index (χ4n) is 1.97. The van der Waals surface area contributed by atoms with Crippen LogP contribution in [-0.2, 0) is 11.2 Å². The third-order valence-corrected chi connectivity index (χ3v) is 3.28. The number of benzene rings is 1. The molecular formula is C16H13ClN4O2. The molecular weight excluding hydrogens is 316 g/mol. The first-order valence-corrected chi connectivity index (χ1v) is 7.37. The Morgan fingerprint density at radius 3 is 2.91 bits per heavy atom. The first-order valence-electron chi connectivity index (χ1n) is 6.99.